The molecule has 0 radical (unpaired) electrons. The standard InChI is InChI=1S/C13H7F3O4/c14-13(15,16)10-7-4-2-1-3-6(7)5-8(11(17)18)9(10)12(19)20/h1-5H,(H,17,18)(H,19,20). The maximum absolute atomic E-state index is 13.1. The first-order valence-electron chi connectivity index (χ1n) is 5.33. The number of halogens is 3. The molecule has 0 heterocycles. The molecule has 20 heavy (non-hydrogen) atoms. The van der Waals surface area contributed by atoms with Gasteiger partial charge in [0, 0.05) is 0 Å². The highest BCUT2D eigenvalue weighted by Crippen LogP contribution is 2.39. The van der Waals surface area contributed by atoms with Gasteiger partial charge in [-0.25, -0.2) is 9.59 Å². The Labute approximate surface area is 110 Å². The van der Waals surface area contributed by atoms with Crippen molar-refractivity contribution in [2.45, 2.75) is 6.18 Å². The van der Waals surface area contributed by atoms with Gasteiger partial charge in [0.15, 0.2) is 0 Å². The van der Waals surface area contributed by atoms with E-state index < -0.39 is 34.8 Å². The molecule has 0 aliphatic heterocycles. The summed E-state index contributed by atoms with van der Waals surface area (Å²) in [4.78, 5) is 22.1. The number of fused-ring (bicyclic) bond motifs is 1. The van der Waals surface area contributed by atoms with Gasteiger partial charge in [0.1, 0.15) is 0 Å². The summed E-state index contributed by atoms with van der Waals surface area (Å²) in [6.45, 7) is 0. The van der Waals surface area contributed by atoms with Gasteiger partial charge in [0.2, 0.25) is 0 Å². The topological polar surface area (TPSA) is 74.6 Å². The van der Waals surface area contributed by atoms with Crippen LogP contribution in [0.25, 0.3) is 10.8 Å². The number of alkyl halides is 3. The molecular weight excluding hydrogens is 277 g/mol. The molecular formula is C13H7F3O4. The first-order valence-corrected chi connectivity index (χ1v) is 5.33. The van der Waals surface area contributed by atoms with Crippen molar-refractivity contribution in [3.8, 4) is 0 Å². The van der Waals surface area contributed by atoms with E-state index in [4.69, 9.17) is 10.2 Å². The van der Waals surface area contributed by atoms with Crippen LogP contribution in [0.4, 0.5) is 13.2 Å². The monoisotopic (exact) mass is 284 g/mol. The molecule has 4 nitrogen and oxygen atoms in total. The second-order valence-corrected chi connectivity index (χ2v) is 4.00. The second kappa shape index (κ2) is 4.52. The maximum Gasteiger partial charge on any atom is 0.417 e. The van der Waals surface area contributed by atoms with Crippen molar-refractivity contribution in [3.05, 3.63) is 47.0 Å². The van der Waals surface area contributed by atoms with Crippen molar-refractivity contribution in [3.63, 3.8) is 0 Å². The fraction of sp³-hybridized carbons (Fsp3) is 0.0769. The van der Waals surface area contributed by atoms with Gasteiger partial charge in [-0.3, -0.25) is 0 Å². The van der Waals surface area contributed by atoms with Gasteiger partial charge in [0.25, 0.3) is 0 Å². The van der Waals surface area contributed by atoms with Crippen molar-refractivity contribution < 1.29 is 33.0 Å². The van der Waals surface area contributed by atoms with Crippen LogP contribution < -0.4 is 0 Å². The number of carboxylic acids is 2. The summed E-state index contributed by atoms with van der Waals surface area (Å²) in [5.41, 5.74) is -3.58. The van der Waals surface area contributed by atoms with Crippen molar-refractivity contribution in [1.82, 2.24) is 0 Å². The highest BCUT2D eigenvalue weighted by molar-refractivity contribution is 6.08. The lowest BCUT2D eigenvalue weighted by molar-refractivity contribution is -0.136. The third kappa shape index (κ3) is 2.18. The number of carbonyl (C=O) groups is 2. The summed E-state index contributed by atoms with van der Waals surface area (Å²) in [5.74, 6) is -3.65. The molecule has 0 spiro atoms. The number of hydrogen-bond donors (Lipinski definition) is 2. The van der Waals surface area contributed by atoms with E-state index in [2.05, 4.69) is 0 Å². The third-order valence-electron chi connectivity index (χ3n) is 2.78. The van der Waals surface area contributed by atoms with Gasteiger partial charge < -0.3 is 10.2 Å². The van der Waals surface area contributed by atoms with E-state index in [0.29, 0.717) is 0 Å². The lowest BCUT2D eigenvalue weighted by Gasteiger charge is -2.15. The fourth-order valence-corrected chi connectivity index (χ4v) is 2.03. The molecule has 0 bridgehead atoms. The van der Waals surface area contributed by atoms with Crippen LogP contribution in [0.2, 0.25) is 0 Å². The zero-order valence-electron chi connectivity index (χ0n) is 9.73. The average Bonchev–Trinajstić information content (AvgIpc) is 2.34. The van der Waals surface area contributed by atoms with Gasteiger partial charge in [-0.2, -0.15) is 13.2 Å². The Balaban J connectivity index is 3.06. The minimum absolute atomic E-state index is 0.0159. The number of hydrogen-bond acceptors (Lipinski definition) is 2. The van der Waals surface area contributed by atoms with Crippen LogP contribution in [-0.4, -0.2) is 22.2 Å². The minimum atomic E-state index is -4.97. The molecule has 104 valence electrons. The highest BCUT2D eigenvalue weighted by Gasteiger charge is 2.39. The van der Waals surface area contributed by atoms with Crippen molar-refractivity contribution in [1.29, 1.82) is 0 Å². The molecule has 0 amide bonds. The van der Waals surface area contributed by atoms with Crippen LogP contribution in [-0.2, 0) is 6.18 Å². The van der Waals surface area contributed by atoms with Crippen LogP contribution >= 0.6 is 0 Å². The summed E-state index contributed by atoms with van der Waals surface area (Å²) < 4.78 is 39.4. The predicted molar refractivity (Wildman–Crippen MR) is 62.9 cm³/mol. The van der Waals surface area contributed by atoms with E-state index in [-0.39, 0.29) is 10.8 Å². The maximum atomic E-state index is 13.1. The Morgan fingerprint density at radius 1 is 1.00 bits per heavy atom. The van der Waals surface area contributed by atoms with E-state index in [0.717, 1.165) is 12.1 Å². The van der Waals surface area contributed by atoms with E-state index in [1.807, 2.05) is 0 Å². The predicted octanol–water partition coefficient (Wildman–Crippen LogP) is 3.26. The molecule has 2 rings (SSSR count). The first-order chi connectivity index (χ1) is 9.23. The Morgan fingerprint density at radius 3 is 2.10 bits per heavy atom. The Bertz CT molecular complexity index is 719. The molecule has 0 aromatic heterocycles. The molecule has 0 unspecified atom stereocenters. The summed E-state index contributed by atoms with van der Waals surface area (Å²) >= 11 is 0. The number of rotatable bonds is 2. The molecule has 2 aromatic rings. The van der Waals surface area contributed by atoms with Crippen LogP contribution in [0.5, 0.6) is 0 Å². The average molecular weight is 284 g/mol. The van der Waals surface area contributed by atoms with Crippen molar-refractivity contribution in [2.24, 2.45) is 0 Å². The number of aromatic carboxylic acids is 2. The third-order valence-corrected chi connectivity index (χ3v) is 2.78. The molecule has 7 heteroatoms. The summed E-state index contributed by atoms with van der Waals surface area (Å²) in [6, 6.07) is 6.09. The highest BCUT2D eigenvalue weighted by atomic mass is 19.4. The molecule has 0 saturated heterocycles. The number of benzene rings is 2. The van der Waals surface area contributed by atoms with E-state index >= 15 is 0 Å². The van der Waals surface area contributed by atoms with E-state index in [1.54, 1.807) is 0 Å². The van der Waals surface area contributed by atoms with Crippen molar-refractivity contribution in [2.75, 3.05) is 0 Å². The molecule has 2 N–H and O–H groups in total. The first kappa shape index (κ1) is 13.9. The van der Waals surface area contributed by atoms with Gasteiger partial charge in [-0.1, -0.05) is 24.3 Å². The summed E-state index contributed by atoms with van der Waals surface area (Å²) in [6.07, 6.45) is -4.97. The van der Waals surface area contributed by atoms with Gasteiger partial charge in [-0.15, -0.1) is 0 Å². The SMILES string of the molecule is O=C(O)c1cc2ccccc2c(C(F)(F)F)c1C(=O)O. The van der Waals surface area contributed by atoms with Crippen LogP contribution in [0.15, 0.2) is 30.3 Å². The van der Waals surface area contributed by atoms with E-state index in [1.165, 1.54) is 18.2 Å². The van der Waals surface area contributed by atoms with Crippen LogP contribution in [0, 0.1) is 0 Å². The smallest absolute Gasteiger partial charge is 0.417 e. The van der Waals surface area contributed by atoms with Gasteiger partial charge in [-0.05, 0) is 16.8 Å². The second-order valence-electron chi connectivity index (χ2n) is 4.00. The van der Waals surface area contributed by atoms with Crippen LogP contribution in [0.1, 0.15) is 26.3 Å². The minimum Gasteiger partial charge on any atom is -0.478 e. The van der Waals surface area contributed by atoms with Gasteiger partial charge in [0.05, 0.1) is 16.7 Å². The fourth-order valence-electron chi connectivity index (χ4n) is 2.03. The molecule has 0 atom stereocenters. The molecule has 0 fully saturated rings. The molecule has 2 aromatic carbocycles. The Hall–Kier alpha value is -2.57. The quantitative estimate of drug-likeness (QED) is 0.887. The molecule has 0 saturated carbocycles. The lowest BCUT2D eigenvalue weighted by Crippen LogP contribution is -2.18. The zero-order chi connectivity index (χ0) is 15.1. The molecule has 0 aliphatic carbocycles. The largest absolute Gasteiger partial charge is 0.478 e. The molecule has 0 aliphatic rings. The Kier molecular flexibility index (Phi) is 3.13. The van der Waals surface area contributed by atoms with Crippen molar-refractivity contribution >= 4 is 22.7 Å². The normalized spacial score (nSPS) is 11.6. The van der Waals surface area contributed by atoms with Crippen LogP contribution in [0.3, 0.4) is 0 Å². The number of carboxylic acid groups (broad SMARTS) is 2. The zero-order valence-corrected chi connectivity index (χ0v) is 9.73. The summed E-state index contributed by atoms with van der Waals surface area (Å²) in [7, 11) is 0. The summed E-state index contributed by atoms with van der Waals surface area (Å²) in [5, 5.41) is 17.6. The van der Waals surface area contributed by atoms with E-state index in [9.17, 15) is 22.8 Å². The van der Waals surface area contributed by atoms with Gasteiger partial charge >= 0.3 is 18.1 Å². The Morgan fingerprint density at radius 2 is 1.60 bits per heavy atom. The lowest BCUT2D eigenvalue weighted by atomic mass is 9.93.